The summed E-state index contributed by atoms with van der Waals surface area (Å²) < 4.78 is 5.82. The third-order valence-electron chi connectivity index (χ3n) is 6.42. The van der Waals surface area contributed by atoms with Crippen molar-refractivity contribution in [1.29, 1.82) is 0 Å². The van der Waals surface area contributed by atoms with Gasteiger partial charge in [0.2, 0.25) is 0 Å². The van der Waals surface area contributed by atoms with Gasteiger partial charge in [0.1, 0.15) is 36.1 Å². The highest BCUT2D eigenvalue weighted by Gasteiger charge is 2.15. The molecule has 0 amide bonds. The molecule has 3 heterocycles. The van der Waals surface area contributed by atoms with Gasteiger partial charge in [-0.05, 0) is 65.8 Å². The van der Waals surface area contributed by atoms with Crippen LogP contribution in [-0.2, 0) is 13.1 Å². The molecular weight excluding hydrogens is 426 g/mol. The van der Waals surface area contributed by atoms with E-state index in [-0.39, 0.29) is 0 Å². The number of nitrogens with two attached hydrogens (primary N) is 1. The van der Waals surface area contributed by atoms with E-state index in [0.717, 1.165) is 46.0 Å². The van der Waals surface area contributed by atoms with Gasteiger partial charge in [-0.3, -0.25) is 0 Å². The Balaban J connectivity index is 1.27. The minimum Gasteiger partial charge on any atom is -0.490 e. The molecule has 1 aliphatic rings. The van der Waals surface area contributed by atoms with E-state index in [0.29, 0.717) is 25.5 Å². The number of pyridine rings is 1. The molecule has 0 aliphatic carbocycles. The van der Waals surface area contributed by atoms with Gasteiger partial charge in [0.25, 0.3) is 0 Å². The number of fused-ring (bicyclic) bond motifs is 2. The second-order valence-corrected chi connectivity index (χ2v) is 8.66. The van der Waals surface area contributed by atoms with E-state index in [1.165, 1.54) is 16.7 Å². The Kier molecular flexibility index (Phi) is 5.79. The summed E-state index contributed by atoms with van der Waals surface area (Å²) in [6, 6.07) is 12.4. The molecule has 2 aromatic heterocycles. The highest BCUT2D eigenvalue weighted by molar-refractivity contribution is 5.94. The van der Waals surface area contributed by atoms with Gasteiger partial charge < -0.3 is 26.0 Å². The fraction of sp³-hybridized carbons (Fsp3) is 0.269. The van der Waals surface area contributed by atoms with E-state index in [9.17, 15) is 0 Å². The molecule has 1 aliphatic heterocycles. The first-order chi connectivity index (χ1) is 16.5. The molecule has 5 rings (SSSR count). The van der Waals surface area contributed by atoms with Gasteiger partial charge >= 0.3 is 0 Å². The molecule has 8 nitrogen and oxygen atoms in total. The lowest BCUT2D eigenvalue weighted by atomic mass is 9.96. The normalized spacial score (nSPS) is 12.9. The summed E-state index contributed by atoms with van der Waals surface area (Å²) in [7, 11) is 2.09. The number of benzene rings is 2. The van der Waals surface area contributed by atoms with Crippen LogP contribution < -0.4 is 26.0 Å². The number of likely N-dealkylation sites (N-methyl/N-ethyl adjacent to an activating group) is 1. The van der Waals surface area contributed by atoms with Crippen molar-refractivity contribution in [3.05, 3.63) is 71.2 Å². The Morgan fingerprint density at radius 2 is 1.76 bits per heavy atom. The van der Waals surface area contributed by atoms with E-state index in [2.05, 4.69) is 75.6 Å². The Hall–Kier alpha value is -4.07. The first-order valence-electron chi connectivity index (χ1n) is 11.4. The molecule has 0 bridgehead atoms. The second kappa shape index (κ2) is 9.05. The number of aromatic nitrogens is 3. The zero-order chi connectivity index (χ0) is 23.7. The van der Waals surface area contributed by atoms with Crippen LogP contribution in [0.5, 0.6) is 5.75 Å². The molecule has 0 atom stereocenters. The molecule has 0 fully saturated rings. The van der Waals surface area contributed by atoms with Gasteiger partial charge in [-0.25, -0.2) is 15.0 Å². The number of hydrogen-bond acceptors (Lipinski definition) is 8. The Labute approximate surface area is 199 Å². The van der Waals surface area contributed by atoms with Crippen molar-refractivity contribution < 1.29 is 4.74 Å². The van der Waals surface area contributed by atoms with E-state index in [1.54, 1.807) is 12.5 Å². The molecule has 4 N–H and O–H groups in total. The zero-order valence-electron chi connectivity index (χ0n) is 19.7. The van der Waals surface area contributed by atoms with Crippen molar-refractivity contribution in [1.82, 2.24) is 15.0 Å². The number of hydrogen-bond donors (Lipinski definition) is 3. The van der Waals surface area contributed by atoms with Gasteiger partial charge in [-0.2, -0.15) is 0 Å². The number of aryl methyl sites for hydroxylation is 2. The van der Waals surface area contributed by atoms with Crippen LogP contribution in [0.2, 0.25) is 0 Å². The molecule has 0 radical (unpaired) electrons. The highest BCUT2D eigenvalue weighted by Crippen LogP contribution is 2.32. The maximum absolute atomic E-state index is 6.08. The predicted octanol–water partition coefficient (Wildman–Crippen LogP) is 4.28. The molecule has 0 spiro atoms. The maximum atomic E-state index is 6.08. The van der Waals surface area contributed by atoms with Crippen LogP contribution in [0.4, 0.5) is 23.1 Å². The number of ether oxygens (including phenoxy) is 1. The summed E-state index contributed by atoms with van der Waals surface area (Å²) in [5.74, 6) is 3.02. The van der Waals surface area contributed by atoms with E-state index >= 15 is 0 Å². The number of nitrogens with zero attached hydrogens (tertiary/aromatic N) is 4. The summed E-state index contributed by atoms with van der Waals surface area (Å²) >= 11 is 0. The zero-order valence-corrected chi connectivity index (χ0v) is 19.7. The topological polar surface area (TPSA) is 101 Å². The molecule has 0 saturated carbocycles. The third kappa shape index (κ3) is 4.26. The van der Waals surface area contributed by atoms with Crippen LogP contribution in [-0.4, -0.2) is 35.2 Å². The predicted molar refractivity (Wildman–Crippen MR) is 138 cm³/mol. The summed E-state index contributed by atoms with van der Waals surface area (Å²) in [4.78, 5) is 15.2. The molecule has 0 unspecified atom stereocenters. The average molecular weight is 456 g/mol. The number of anilines is 4. The van der Waals surface area contributed by atoms with Crippen LogP contribution in [0, 0.1) is 13.8 Å². The molecule has 4 aromatic rings. The second-order valence-electron chi connectivity index (χ2n) is 8.66. The molecular formula is C26H29N7O. The Morgan fingerprint density at radius 1 is 0.971 bits per heavy atom. The summed E-state index contributed by atoms with van der Waals surface area (Å²) in [6.07, 6.45) is 3.33. The molecule has 0 saturated heterocycles. The van der Waals surface area contributed by atoms with Crippen LogP contribution in [0.25, 0.3) is 10.8 Å². The first-order valence-corrected chi connectivity index (χ1v) is 11.4. The summed E-state index contributed by atoms with van der Waals surface area (Å²) in [5, 5.41) is 8.95. The quantitative estimate of drug-likeness (QED) is 0.396. The SMILES string of the molecule is Cc1cc2c(N)nccc2c(C)c1CNc1cc(NCc2ccc3c(c2)OCCN3C)ncn1. The molecule has 2 aromatic carbocycles. The fourth-order valence-electron chi connectivity index (χ4n) is 4.44. The fourth-order valence-corrected chi connectivity index (χ4v) is 4.44. The molecule has 174 valence electrons. The number of rotatable bonds is 6. The van der Waals surface area contributed by atoms with E-state index in [1.807, 2.05) is 12.1 Å². The van der Waals surface area contributed by atoms with Gasteiger partial charge in [0.05, 0.1) is 12.2 Å². The number of nitrogen functional groups attached to an aromatic ring is 1. The third-order valence-corrected chi connectivity index (χ3v) is 6.42. The van der Waals surface area contributed by atoms with Gasteiger partial charge in [0, 0.05) is 37.8 Å². The van der Waals surface area contributed by atoms with Crippen LogP contribution in [0.3, 0.4) is 0 Å². The lowest BCUT2D eigenvalue weighted by molar-refractivity contribution is 0.311. The van der Waals surface area contributed by atoms with Gasteiger partial charge in [-0.1, -0.05) is 6.07 Å². The first kappa shape index (κ1) is 21.8. The molecule has 34 heavy (non-hydrogen) atoms. The van der Waals surface area contributed by atoms with Crippen molar-refractivity contribution >= 4 is 33.9 Å². The minimum absolute atomic E-state index is 0.562. The van der Waals surface area contributed by atoms with Crippen molar-refractivity contribution in [2.75, 3.05) is 41.5 Å². The lowest BCUT2D eigenvalue weighted by Gasteiger charge is -2.28. The Morgan fingerprint density at radius 3 is 2.59 bits per heavy atom. The monoisotopic (exact) mass is 455 g/mol. The van der Waals surface area contributed by atoms with Crippen LogP contribution in [0.1, 0.15) is 22.3 Å². The van der Waals surface area contributed by atoms with Gasteiger partial charge in [-0.15, -0.1) is 0 Å². The van der Waals surface area contributed by atoms with Crippen LogP contribution in [0.15, 0.2) is 48.9 Å². The largest absolute Gasteiger partial charge is 0.490 e. The smallest absolute Gasteiger partial charge is 0.143 e. The lowest BCUT2D eigenvalue weighted by Crippen LogP contribution is -2.28. The highest BCUT2D eigenvalue weighted by atomic mass is 16.5. The van der Waals surface area contributed by atoms with Crippen molar-refractivity contribution in [2.45, 2.75) is 26.9 Å². The van der Waals surface area contributed by atoms with Crippen molar-refractivity contribution in [3.8, 4) is 5.75 Å². The van der Waals surface area contributed by atoms with E-state index < -0.39 is 0 Å². The summed E-state index contributed by atoms with van der Waals surface area (Å²) in [6.45, 7) is 7.14. The van der Waals surface area contributed by atoms with Crippen molar-refractivity contribution in [2.24, 2.45) is 0 Å². The van der Waals surface area contributed by atoms with Crippen LogP contribution >= 0.6 is 0 Å². The minimum atomic E-state index is 0.562. The van der Waals surface area contributed by atoms with E-state index in [4.69, 9.17) is 10.5 Å². The average Bonchev–Trinajstić information content (AvgIpc) is 2.84. The maximum Gasteiger partial charge on any atom is 0.143 e. The van der Waals surface area contributed by atoms with Gasteiger partial charge in [0.15, 0.2) is 0 Å². The number of nitrogens with one attached hydrogen (secondary N) is 2. The Bertz CT molecular complexity index is 1350. The van der Waals surface area contributed by atoms with Crippen molar-refractivity contribution in [3.63, 3.8) is 0 Å². The standard InChI is InChI=1S/C26H29N7O/c1-16-10-20-19(6-7-28-26(20)27)17(2)21(16)14-30-25-12-24(31-15-32-25)29-13-18-4-5-22-23(11-18)34-9-8-33(22)3/h4-7,10-12,15H,8-9,13-14H2,1-3H3,(H2,27,28)(H2,29,30,31,32). The molecule has 8 heteroatoms. The summed E-state index contributed by atoms with van der Waals surface area (Å²) in [5.41, 5.74) is 11.9.